The number of ether oxygens (including phenoxy) is 1. The van der Waals surface area contributed by atoms with E-state index in [0.717, 1.165) is 24.2 Å². The number of hydrogen-bond donors (Lipinski definition) is 0. The summed E-state index contributed by atoms with van der Waals surface area (Å²) < 4.78 is 11.0. The van der Waals surface area contributed by atoms with Crippen LogP contribution < -0.4 is 4.74 Å². The Labute approximate surface area is 172 Å². The molecular formula is C23H30N2O4. The third-order valence-electron chi connectivity index (χ3n) is 5.58. The lowest BCUT2D eigenvalue weighted by molar-refractivity contribution is -0.148. The zero-order valence-corrected chi connectivity index (χ0v) is 17.5. The second-order valence-electron chi connectivity index (χ2n) is 7.55. The van der Waals surface area contributed by atoms with Crippen molar-refractivity contribution in [3.8, 4) is 5.75 Å². The first kappa shape index (κ1) is 21.0. The molecule has 2 amide bonds. The fourth-order valence-electron chi connectivity index (χ4n) is 4.10. The fraction of sp³-hybridized carbons (Fsp3) is 0.478. The average molecular weight is 399 g/mol. The molecule has 29 heavy (non-hydrogen) atoms. The summed E-state index contributed by atoms with van der Waals surface area (Å²) in [6.07, 6.45) is 4.42. The highest BCUT2D eigenvalue weighted by molar-refractivity contribution is 5.85. The number of amides is 2. The van der Waals surface area contributed by atoms with Gasteiger partial charge in [-0.3, -0.25) is 9.59 Å². The monoisotopic (exact) mass is 398 g/mol. The molecule has 1 aromatic heterocycles. The van der Waals surface area contributed by atoms with Crippen LogP contribution in [-0.4, -0.2) is 42.3 Å². The number of methoxy groups -OCH3 is 1. The number of likely N-dealkylation sites (tertiary alicyclic amines) is 1. The zero-order chi connectivity index (χ0) is 20.8. The topological polar surface area (TPSA) is 63.0 Å². The van der Waals surface area contributed by atoms with E-state index in [1.165, 1.54) is 0 Å². The van der Waals surface area contributed by atoms with Crippen molar-refractivity contribution < 1.29 is 18.7 Å². The van der Waals surface area contributed by atoms with Gasteiger partial charge in [-0.2, -0.15) is 0 Å². The van der Waals surface area contributed by atoms with Gasteiger partial charge in [0.15, 0.2) is 0 Å². The van der Waals surface area contributed by atoms with E-state index in [9.17, 15) is 9.59 Å². The summed E-state index contributed by atoms with van der Waals surface area (Å²) in [5.74, 6) is 1.25. The lowest BCUT2D eigenvalue weighted by Gasteiger charge is -2.42. The quantitative estimate of drug-likeness (QED) is 0.674. The second kappa shape index (κ2) is 9.63. The van der Waals surface area contributed by atoms with Gasteiger partial charge in [-0.05, 0) is 31.0 Å². The van der Waals surface area contributed by atoms with Crippen LogP contribution in [0.5, 0.6) is 5.75 Å². The first-order valence-electron chi connectivity index (χ1n) is 10.3. The Morgan fingerprint density at radius 1 is 1.28 bits per heavy atom. The molecule has 0 radical (unpaired) electrons. The molecule has 1 aliphatic heterocycles. The Kier molecular flexibility index (Phi) is 6.96. The smallest absolute Gasteiger partial charge is 0.228 e. The van der Waals surface area contributed by atoms with Crippen molar-refractivity contribution in [1.82, 2.24) is 9.80 Å². The number of carbonyl (C=O) groups excluding carboxylic acids is 2. The van der Waals surface area contributed by atoms with Gasteiger partial charge in [0, 0.05) is 25.6 Å². The molecule has 2 unspecified atom stereocenters. The van der Waals surface area contributed by atoms with Crippen LogP contribution in [0.25, 0.3) is 0 Å². The summed E-state index contributed by atoms with van der Waals surface area (Å²) in [6.45, 7) is 3.15. The maximum Gasteiger partial charge on any atom is 0.228 e. The van der Waals surface area contributed by atoms with Crippen molar-refractivity contribution >= 4 is 11.8 Å². The van der Waals surface area contributed by atoms with Gasteiger partial charge < -0.3 is 19.0 Å². The van der Waals surface area contributed by atoms with E-state index in [1.54, 1.807) is 25.3 Å². The fourth-order valence-corrected chi connectivity index (χ4v) is 4.10. The average Bonchev–Trinajstić information content (AvgIpc) is 3.25. The predicted molar refractivity (Wildman–Crippen MR) is 110 cm³/mol. The van der Waals surface area contributed by atoms with Crippen LogP contribution in [0.2, 0.25) is 0 Å². The molecule has 0 N–H and O–H groups in total. The van der Waals surface area contributed by atoms with Gasteiger partial charge in [-0.15, -0.1) is 0 Å². The Bertz CT molecular complexity index is 818. The second-order valence-corrected chi connectivity index (χ2v) is 7.55. The molecule has 1 saturated heterocycles. The normalized spacial score (nSPS) is 19.3. The van der Waals surface area contributed by atoms with Crippen LogP contribution in [-0.2, 0) is 16.1 Å². The van der Waals surface area contributed by atoms with Crippen molar-refractivity contribution in [3.05, 3.63) is 54.0 Å². The van der Waals surface area contributed by atoms with Crippen molar-refractivity contribution in [2.75, 3.05) is 20.7 Å². The first-order valence-corrected chi connectivity index (χ1v) is 10.3. The molecule has 1 aliphatic rings. The molecule has 1 fully saturated rings. The van der Waals surface area contributed by atoms with Gasteiger partial charge in [0.1, 0.15) is 11.5 Å². The lowest BCUT2D eigenvalue weighted by atomic mass is 9.82. The van der Waals surface area contributed by atoms with Gasteiger partial charge >= 0.3 is 0 Å². The van der Waals surface area contributed by atoms with Crippen molar-refractivity contribution in [2.45, 2.75) is 45.2 Å². The number of furan rings is 1. The Balaban J connectivity index is 1.94. The van der Waals surface area contributed by atoms with E-state index in [0.29, 0.717) is 31.7 Å². The van der Waals surface area contributed by atoms with Crippen LogP contribution >= 0.6 is 0 Å². The van der Waals surface area contributed by atoms with Crippen LogP contribution in [0.4, 0.5) is 0 Å². The number of hydrogen-bond acceptors (Lipinski definition) is 4. The number of rotatable bonds is 8. The summed E-state index contributed by atoms with van der Waals surface area (Å²) in [4.78, 5) is 29.8. The van der Waals surface area contributed by atoms with Crippen LogP contribution in [0.3, 0.4) is 0 Å². The third-order valence-corrected chi connectivity index (χ3v) is 5.58. The maximum absolute atomic E-state index is 13.4. The summed E-state index contributed by atoms with van der Waals surface area (Å²) >= 11 is 0. The highest BCUT2D eigenvalue weighted by Gasteiger charge is 2.42. The number of piperidine rings is 1. The van der Waals surface area contributed by atoms with Gasteiger partial charge in [0.05, 0.1) is 31.9 Å². The molecule has 0 bridgehead atoms. The maximum atomic E-state index is 13.4. The van der Waals surface area contributed by atoms with E-state index in [-0.39, 0.29) is 23.8 Å². The van der Waals surface area contributed by atoms with E-state index in [2.05, 4.69) is 6.92 Å². The summed E-state index contributed by atoms with van der Waals surface area (Å²) in [6, 6.07) is 11.0. The summed E-state index contributed by atoms with van der Waals surface area (Å²) in [5.41, 5.74) is 0.893. The van der Waals surface area contributed by atoms with Gasteiger partial charge in [0.2, 0.25) is 11.8 Å². The molecule has 2 heterocycles. The summed E-state index contributed by atoms with van der Waals surface area (Å²) in [5, 5.41) is 0. The minimum Gasteiger partial charge on any atom is -0.496 e. The van der Waals surface area contributed by atoms with Crippen molar-refractivity contribution in [1.29, 1.82) is 0 Å². The van der Waals surface area contributed by atoms with Crippen LogP contribution in [0, 0.1) is 5.92 Å². The minimum atomic E-state index is -0.328. The Hall–Kier alpha value is -2.76. The Morgan fingerprint density at radius 2 is 2.07 bits per heavy atom. The molecule has 6 heteroatoms. The number of para-hydroxylation sites is 1. The molecule has 6 nitrogen and oxygen atoms in total. The number of nitrogens with zero attached hydrogens (tertiary/aromatic N) is 2. The highest BCUT2D eigenvalue weighted by Crippen LogP contribution is 2.41. The Morgan fingerprint density at radius 3 is 2.76 bits per heavy atom. The van der Waals surface area contributed by atoms with E-state index >= 15 is 0 Å². The molecule has 0 aliphatic carbocycles. The third kappa shape index (κ3) is 4.63. The van der Waals surface area contributed by atoms with E-state index in [1.807, 2.05) is 41.3 Å². The molecule has 1 aromatic carbocycles. The number of benzene rings is 1. The molecule has 156 valence electrons. The van der Waals surface area contributed by atoms with Gasteiger partial charge in [-0.1, -0.05) is 31.5 Å². The minimum absolute atomic E-state index is 0.0197. The number of carbonyl (C=O) groups is 2. The van der Waals surface area contributed by atoms with E-state index < -0.39 is 0 Å². The predicted octanol–water partition coefficient (Wildman–Crippen LogP) is 4.03. The molecule has 2 aromatic rings. The van der Waals surface area contributed by atoms with Crippen molar-refractivity contribution in [2.24, 2.45) is 5.92 Å². The van der Waals surface area contributed by atoms with Crippen molar-refractivity contribution in [3.63, 3.8) is 0 Å². The lowest BCUT2D eigenvalue weighted by Crippen LogP contribution is -2.48. The van der Waals surface area contributed by atoms with Crippen LogP contribution in [0.1, 0.15) is 50.0 Å². The zero-order valence-electron chi connectivity index (χ0n) is 17.5. The van der Waals surface area contributed by atoms with Gasteiger partial charge in [-0.25, -0.2) is 0 Å². The standard InChI is InChI=1S/C23H30N2O4/c1-4-5-14-25-21(26)13-12-19(22(25)18-10-6-7-11-20(18)28-3)23(27)24(2)16-17-9-8-15-29-17/h6-11,15,19,22H,4-5,12-14,16H2,1-3H3. The molecule has 2 atom stereocenters. The summed E-state index contributed by atoms with van der Waals surface area (Å²) in [7, 11) is 3.41. The molecule has 0 saturated carbocycles. The van der Waals surface area contributed by atoms with E-state index in [4.69, 9.17) is 9.15 Å². The highest BCUT2D eigenvalue weighted by atomic mass is 16.5. The molecule has 3 rings (SSSR count). The largest absolute Gasteiger partial charge is 0.496 e. The SMILES string of the molecule is CCCCN1C(=O)CCC(C(=O)N(C)Cc2ccco2)C1c1ccccc1OC. The number of unbranched alkanes of at least 4 members (excludes halogenated alkanes) is 1. The first-order chi connectivity index (χ1) is 14.1. The molecular weight excluding hydrogens is 368 g/mol. The van der Waals surface area contributed by atoms with Crippen LogP contribution in [0.15, 0.2) is 47.1 Å². The molecule has 0 spiro atoms. The van der Waals surface area contributed by atoms with Gasteiger partial charge in [0.25, 0.3) is 0 Å².